The molecule has 0 aliphatic carbocycles. The number of aliphatic carboxylic acids is 1. The van der Waals surface area contributed by atoms with E-state index < -0.39 is 12.3 Å². The fourth-order valence-electron chi connectivity index (χ4n) is 3.31. The molecule has 1 aliphatic rings. The number of para-hydroxylation sites is 1. The van der Waals surface area contributed by atoms with Crippen LogP contribution in [0.2, 0.25) is 0 Å². The molecule has 2 N–H and O–H groups in total. The maximum Gasteiger partial charge on any atom is 0.303 e. The van der Waals surface area contributed by atoms with E-state index in [0.717, 1.165) is 5.56 Å². The van der Waals surface area contributed by atoms with E-state index in [0.29, 0.717) is 30.6 Å². The first-order chi connectivity index (χ1) is 14.1. The Morgan fingerprint density at radius 2 is 1.93 bits per heavy atom. The predicted molar refractivity (Wildman–Crippen MR) is 106 cm³/mol. The molecular formula is C23H23NO5. The Balaban J connectivity index is 1.76. The minimum Gasteiger partial charge on any atom is -0.508 e. The zero-order chi connectivity index (χ0) is 20.6. The third-order valence-electron chi connectivity index (χ3n) is 4.85. The second kappa shape index (κ2) is 9.87. The lowest BCUT2D eigenvalue weighted by molar-refractivity contribution is -0.244. The van der Waals surface area contributed by atoms with Gasteiger partial charge in [0.05, 0.1) is 24.3 Å². The van der Waals surface area contributed by atoms with Crippen molar-refractivity contribution in [2.24, 2.45) is 5.92 Å². The Labute approximate surface area is 169 Å². The molecule has 1 fully saturated rings. The van der Waals surface area contributed by atoms with Crippen molar-refractivity contribution >= 4 is 5.97 Å². The molecule has 0 radical (unpaired) electrons. The maximum absolute atomic E-state index is 10.6. The number of rotatable bonds is 7. The first-order valence-electron chi connectivity index (χ1n) is 9.50. The first kappa shape index (κ1) is 20.6. The summed E-state index contributed by atoms with van der Waals surface area (Å²) < 4.78 is 12.1. The number of carboxylic acids is 1. The lowest BCUT2D eigenvalue weighted by Gasteiger charge is -2.37. The van der Waals surface area contributed by atoms with Gasteiger partial charge in [0, 0.05) is 23.5 Å². The largest absolute Gasteiger partial charge is 0.508 e. The van der Waals surface area contributed by atoms with Crippen LogP contribution >= 0.6 is 0 Å². The molecule has 0 amide bonds. The molecule has 6 heteroatoms. The Bertz CT molecular complexity index is 900. The average molecular weight is 393 g/mol. The van der Waals surface area contributed by atoms with E-state index in [1.165, 1.54) is 0 Å². The zero-order valence-electron chi connectivity index (χ0n) is 15.9. The Morgan fingerprint density at radius 3 is 2.62 bits per heavy atom. The van der Waals surface area contributed by atoms with Crippen LogP contribution in [0.5, 0.6) is 5.75 Å². The van der Waals surface area contributed by atoms with Crippen molar-refractivity contribution in [3.05, 3.63) is 77.4 Å². The number of hydrogen-bond donors (Lipinski definition) is 2. The third kappa shape index (κ3) is 5.44. The highest BCUT2D eigenvalue weighted by atomic mass is 16.7. The van der Waals surface area contributed by atoms with Crippen molar-refractivity contribution in [2.45, 2.75) is 31.7 Å². The van der Waals surface area contributed by atoms with E-state index in [1.807, 2.05) is 24.3 Å². The van der Waals surface area contributed by atoms with Crippen molar-refractivity contribution in [1.82, 2.24) is 0 Å². The van der Waals surface area contributed by atoms with Crippen molar-refractivity contribution in [3.8, 4) is 11.8 Å². The summed E-state index contributed by atoms with van der Waals surface area (Å²) in [6.45, 7) is 0.424. The fraction of sp³-hybridized carbons (Fsp3) is 0.304. The second-order valence-corrected chi connectivity index (χ2v) is 6.91. The maximum atomic E-state index is 10.6. The summed E-state index contributed by atoms with van der Waals surface area (Å²) in [6.07, 6.45) is 4.02. The summed E-state index contributed by atoms with van der Waals surface area (Å²) in [5.74, 6) is -0.687. The highest BCUT2D eigenvalue weighted by Gasteiger charge is 2.34. The van der Waals surface area contributed by atoms with Crippen LogP contribution in [-0.2, 0) is 14.3 Å². The van der Waals surface area contributed by atoms with Crippen LogP contribution in [0.25, 0.3) is 0 Å². The van der Waals surface area contributed by atoms with Crippen LogP contribution in [0.1, 0.15) is 48.3 Å². The molecule has 0 saturated carbocycles. The number of phenolic OH excluding ortho intramolecular Hbond substituents is 1. The van der Waals surface area contributed by atoms with Gasteiger partial charge in [-0.25, -0.2) is 0 Å². The molecule has 150 valence electrons. The quantitative estimate of drug-likeness (QED) is 0.673. The summed E-state index contributed by atoms with van der Waals surface area (Å²) in [6, 6.07) is 16.2. The van der Waals surface area contributed by atoms with Crippen molar-refractivity contribution < 1.29 is 24.5 Å². The Kier molecular flexibility index (Phi) is 7.01. The molecule has 6 nitrogen and oxygen atoms in total. The van der Waals surface area contributed by atoms with Gasteiger partial charge >= 0.3 is 5.97 Å². The number of aromatic hydroxyl groups is 1. The van der Waals surface area contributed by atoms with Crippen LogP contribution < -0.4 is 0 Å². The third-order valence-corrected chi connectivity index (χ3v) is 4.85. The van der Waals surface area contributed by atoms with Crippen LogP contribution in [0.15, 0.2) is 60.7 Å². The average Bonchev–Trinajstić information content (AvgIpc) is 2.74. The van der Waals surface area contributed by atoms with E-state index in [9.17, 15) is 9.90 Å². The molecule has 2 aromatic rings. The molecule has 0 aromatic heterocycles. The second-order valence-electron chi connectivity index (χ2n) is 6.91. The smallest absolute Gasteiger partial charge is 0.303 e. The lowest BCUT2D eigenvalue weighted by Crippen LogP contribution is -2.30. The molecule has 2 aromatic carbocycles. The van der Waals surface area contributed by atoms with Crippen molar-refractivity contribution in [3.63, 3.8) is 0 Å². The van der Waals surface area contributed by atoms with Gasteiger partial charge in [-0.2, -0.15) is 5.26 Å². The minimum absolute atomic E-state index is 0.0287. The summed E-state index contributed by atoms with van der Waals surface area (Å²) in [7, 11) is 0. The molecule has 3 rings (SSSR count). The van der Waals surface area contributed by atoms with E-state index in [-0.39, 0.29) is 24.2 Å². The van der Waals surface area contributed by atoms with Crippen LogP contribution in [0, 0.1) is 17.2 Å². The molecule has 1 aliphatic heterocycles. The zero-order valence-corrected chi connectivity index (χ0v) is 15.9. The summed E-state index contributed by atoms with van der Waals surface area (Å²) in [5.41, 5.74) is 2.06. The van der Waals surface area contributed by atoms with Gasteiger partial charge in [0.25, 0.3) is 0 Å². The van der Waals surface area contributed by atoms with Gasteiger partial charge in [0.15, 0.2) is 6.29 Å². The number of allylic oxidation sites excluding steroid dienone is 2. The first-order valence-corrected chi connectivity index (χ1v) is 9.50. The molecule has 0 spiro atoms. The topological polar surface area (TPSA) is 99.8 Å². The number of nitrogens with zero attached hydrogens (tertiary/aromatic N) is 1. The van der Waals surface area contributed by atoms with Crippen molar-refractivity contribution in [2.75, 3.05) is 6.61 Å². The van der Waals surface area contributed by atoms with E-state index in [2.05, 4.69) is 6.07 Å². The van der Waals surface area contributed by atoms with Crippen LogP contribution in [0.4, 0.5) is 0 Å². The van der Waals surface area contributed by atoms with E-state index in [4.69, 9.17) is 19.8 Å². The number of phenols is 1. The molecule has 0 unspecified atom stereocenters. The lowest BCUT2D eigenvalue weighted by atomic mass is 9.91. The summed E-state index contributed by atoms with van der Waals surface area (Å²) in [5, 5.41) is 28.0. The molecule has 1 saturated heterocycles. The van der Waals surface area contributed by atoms with Gasteiger partial charge in [-0.15, -0.1) is 0 Å². The molecule has 0 bridgehead atoms. The molecule has 1 heterocycles. The number of carbonyl (C=O) groups is 1. The molecular weight excluding hydrogens is 370 g/mol. The van der Waals surface area contributed by atoms with Crippen LogP contribution in [-0.4, -0.2) is 22.8 Å². The highest BCUT2D eigenvalue weighted by Crippen LogP contribution is 2.42. The predicted octanol–water partition coefficient (Wildman–Crippen LogP) is 4.48. The Morgan fingerprint density at radius 1 is 1.17 bits per heavy atom. The number of nitriles is 1. The number of hydrogen-bond acceptors (Lipinski definition) is 5. The van der Waals surface area contributed by atoms with Gasteiger partial charge in [-0.3, -0.25) is 4.79 Å². The minimum atomic E-state index is -0.823. The van der Waals surface area contributed by atoms with Crippen LogP contribution in [0.3, 0.4) is 0 Å². The van der Waals surface area contributed by atoms with E-state index in [1.54, 1.807) is 36.4 Å². The number of benzene rings is 2. The van der Waals surface area contributed by atoms with Gasteiger partial charge in [-0.05, 0) is 31.0 Å². The summed E-state index contributed by atoms with van der Waals surface area (Å²) in [4.78, 5) is 10.6. The van der Waals surface area contributed by atoms with Gasteiger partial charge < -0.3 is 19.7 Å². The summed E-state index contributed by atoms with van der Waals surface area (Å²) >= 11 is 0. The van der Waals surface area contributed by atoms with Crippen molar-refractivity contribution in [1.29, 1.82) is 5.26 Å². The number of ether oxygens (including phenoxy) is 2. The highest BCUT2D eigenvalue weighted by molar-refractivity contribution is 5.66. The standard InChI is InChI=1S/C23H23NO5/c24-14-16-10-12-17(13-11-16)23-28-15-18(6-2-1-3-9-21(26)27)22(29-23)19-7-4-5-8-20(19)25/h1-2,4-5,7-8,10-13,18,22-23,25H,3,6,9,15H2,(H,26,27)/b2-1-/t18-,22+,23+/m1/s1. The van der Waals surface area contributed by atoms with Gasteiger partial charge in [0.1, 0.15) is 5.75 Å². The van der Waals surface area contributed by atoms with Gasteiger partial charge in [-0.1, -0.05) is 42.5 Å². The SMILES string of the molecule is N#Cc1ccc([C@H]2OC[C@@H](C/C=C\CCC(=O)O)[C@@H](c3ccccc3O)O2)cc1. The molecule has 29 heavy (non-hydrogen) atoms. The van der Waals surface area contributed by atoms with Gasteiger partial charge in [0.2, 0.25) is 0 Å². The Hall–Kier alpha value is -3.14. The molecule has 3 atom stereocenters. The fourth-order valence-corrected chi connectivity index (χ4v) is 3.31. The number of carboxylic acid groups (broad SMARTS) is 1. The van der Waals surface area contributed by atoms with E-state index >= 15 is 0 Å². The monoisotopic (exact) mass is 393 g/mol. The normalized spacial score (nSPS) is 21.7.